The molecule has 8 nitrogen and oxygen atoms in total. The van der Waals surface area contributed by atoms with Gasteiger partial charge in [-0.1, -0.05) is 83.3 Å². The summed E-state index contributed by atoms with van der Waals surface area (Å²) in [4.78, 5) is 13.5. The van der Waals surface area contributed by atoms with Crippen LogP contribution >= 0.6 is 0 Å². The van der Waals surface area contributed by atoms with Gasteiger partial charge in [-0.15, -0.1) is 0 Å². The summed E-state index contributed by atoms with van der Waals surface area (Å²) in [5.41, 5.74) is -4.66. The predicted octanol–water partition coefficient (Wildman–Crippen LogP) is 4.43. The number of carbonyl (C=O) groups excluding carboxylic acids is 1. The highest BCUT2D eigenvalue weighted by atomic mass is 16.9. The van der Waals surface area contributed by atoms with E-state index in [2.05, 4.69) is 19.6 Å². The lowest BCUT2D eigenvalue weighted by molar-refractivity contribution is -0.406. The molecule has 3 aliphatic heterocycles. The second-order valence-corrected chi connectivity index (χ2v) is 13.7. The average Bonchev–Trinajstić information content (AvgIpc) is 3.60. The molecule has 6 rings (SSSR count). The molecule has 6 aliphatic rings. The van der Waals surface area contributed by atoms with Crippen molar-refractivity contribution in [3.8, 4) is 0 Å². The molecule has 0 unspecified atom stereocenters. The predicted molar refractivity (Wildman–Crippen MR) is 156 cm³/mol. The van der Waals surface area contributed by atoms with Crippen LogP contribution in [-0.2, 0) is 23.7 Å². The molecule has 0 spiro atoms. The molecule has 3 saturated heterocycles. The van der Waals surface area contributed by atoms with Gasteiger partial charge in [-0.05, 0) is 50.2 Å². The van der Waals surface area contributed by atoms with Gasteiger partial charge in [0.2, 0.25) is 0 Å². The Morgan fingerprint density at radius 1 is 1.10 bits per heavy atom. The van der Waals surface area contributed by atoms with Crippen LogP contribution in [0.3, 0.4) is 0 Å². The Morgan fingerprint density at radius 3 is 2.50 bits per heavy atom. The smallest absolute Gasteiger partial charge is 0.306 e. The van der Waals surface area contributed by atoms with Crippen LogP contribution in [0, 0.1) is 17.8 Å². The van der Waals surface area contributed by atoms with Gasteiger partial charge >= 0.3 is 5.97 Å². The van der Waals surface area contributed by atoms with E-state index < -0.39 is 70.9 Å². The number of unbranched alkanes of at least 4 members (excludes halogenated alkanes) is 7. The fourth-order valence-electron chi connectivity index (χ4n) is 8.98. The summed E-state index contributed by atoms with van der Waals surface area (Å²) in [6.07, 6.45) is 16.9. The average molecular weight is 585 g/mol. The van der Waals surface area contributed by atoms with Crippen molar-refractivity contribution in [3.05, 3.63) is 48.1 Å². The molecule has 0 aromatic heterocycles. The Morgan fingerprint density at radius 2 is 1.81 bits per heavy atom. The van der Waals surface area contributed by atoms with Crippen LogP contribution in [0.15, 0.2) is 48.1 Å². The van der Waals surface area contributed by atoms with Gasteiger partial charge in [0.25, 0.3) is 0 Å². The Hall–Kier alpha value is -1.65. The minimum Gasteiger partial charge on any atom is -0.393 e. The molecule has 11 atom stereocenters. The molecule has 232 valence electrons. The maximum atomic E-state index is 13.5. The summed E-state index contributed by atoms with van der Waals surface area (Å²) < 4.78 is 26.5. The van der Waals surface area contributed by atoms with Gasteiger partial charge in [0, 0.05) is 17.9 Å². The van der Waals surface area contributed by atoms with Gasteiger partial charge in [-0.25, -0.2) is 0 Å². The van der Waals surface area contributed by atoms with Crippen molar-refractivity contribution in [1.29, 1.82) is 0 Å². The topological polar surface area (TPSA) is 118 Å². The molecule has 42 heavy (non-hydrogen) atoms. The van der Waals surface area contributed by atoms with E-state index in [9.17, 15) is 20.1 Å². The number of ketones is 1. The summed E-state index contributed by atoms with van der Waals surface area (Å²) in [7, 11) is 0. The van der Waals surface area contributed by atoms with E-state index in [4.69, 9.17) is 18.9 Å². The summed E-state index contributed by atoms with van der Waals surface area (Å²) in [6, 6.07) is 0. The van der Waals surface area contributed by atoms with E-state index in [1.165, 1.54) is 38.5 Å². The van der Waals surface area contributed by atoms with Gasteiger partial charge in [-0.3, -0.25) is 4.79 Å². The molecule has 0 amide bonds. The molecule has 3 N–H and O–H groups in total. The van der Waals surface area contributed by atoms with Crippen LogP contribution in [0.1, 0.15) is 85.5 Å². The highest BCUT2D eigenvalue weighted by Crippen LogP contribution is 2.72. The number of aliphatic hydroxyl groups is 3. The van der Waals surface area contributed by atoms with E-state index >= 15 is 0 Å². The number of aliphatic hydroxyl groups excluding tert-OH is 2. The van der Waals surface area contributed by atoms with Crippen molar-refractivity contribution >= 4 is 5.78 Å². The maximum Gasteiger partial charge on any atom is 0.306 e. The number of epoxide rings is 1. The first kappa shape index (κ1) is 30.4. The van der Waals surface area contributed by atoms with E-state index in [1.54, 1.807) is 19.1 Å². The first-order valence-corrected chi connectivity index (χ1v) is 16.0. The molecule has 0 aromatic rings. The quantitative estimate of drug-likeness (QED) is 0.134. The lowest BCUT2D eigenvalue weighted by atomic mass is 9.54. The fourth-order valence-corrected chi connectivity index (χ4v) is 8.98. The Labute approximate surface area is 249 Å². The van der Waals surface area contributed by atoms with E-state index in [0.29, 0.717) is 12.0 Å². The molecular weight excluding hydrogens is 536 g/mol. The standard InChI is InChI=1S/C34H48O8/c1-6-7-8-9-10-11-12-13-14-15-16-17-32-40-27-25-28-31(20-35,39-28)29(37)33(38)24(18-22(4)26(33)36)34(25,42-32)23(5)19-30(27,41-32)21(2)3/h14-18,23-25,27-29,35,37-38H,2,6-13,19-20H2,1,3-5H3/b15-14-,17-16-/t23-,24-,25-,27-,28+,29-,30-,31-,32+,33-,34+/m1/s1. The van der Waals surface area contributed by atoms with Crippen molar-refractivity contribution in [2.45, 2.75) is 132 Å². The van der Waals surface area contributed by atoms with E-state index in [0.717, 1.165) is 18.4 Å². The number of hydrogen-bond donors (Lipinski definition) is 3. The molecule has 3 bridgehead atoms. The summed E-state index contributed by atoms with van der Waals surface area (Å²) >= 11 is 0. The van der Waals surface area contributed by atoms with Crippen molar-refractivity contribution in [2.24, 2.45) is 17.8 Å². The number of carbonyl (C=O) groups is 1. The van der Waals surface area contributed by atoms with Crippen molar-refractivity contribution in [3.63, 3.8) is 0 Å². The first-order chi connectivity index (χ1) is 20.0. The molecule has 0 radical (unpaired) electrons. The third kappa shape index (κ3) is 3.95. The highest BCUT2D eigenvalue weighted by molar-refractivity contribution is 6.05. The number of allylic oxidation sites excluding steroid dienone is 3. The molecule has 8 heteroatoms. The van der Waals surface area contributed by atoms with Gasteiger partial charge in [0.05, 0.1) is 12.2 Å². The zero-order chi connectivity index (χ0) is 30.1. The third-order valence-electron chi connectivity index (χ3n) is 11.2. The lowest BCUT2D eigenvalue weighted by Crippen LogP contribution is -2.72. The number of ether oxygens (including phenoxy) is 4. The molecular formula is C34H48O8. The Bertz CT molecular complexity index is 1210. The Balaban J connectivity index is 1.31. The summed E-state index contributed by atoms with van der Waals surface area (Å²) in [6.45, 7) is 11.6. The summed E-state index contributed by atoms with van der Waals surface area (Å²) in [5, 5.41) is 34.2. The SMILES string of the molecule is C=C(C)[C@]12C[C@@H](C)[C@@]34O[C@@](/C=C\C=C/CCCCCCCCC)(O[C@@H]1[C@@H]3[C@@H]1O[C@@]1(CO)[C@@H](O)[C@]1(O)C(=O)C(C)=C[C@H]14)O2. The van der Waals surface area contributed by atoms with E-state index in [-0.39, 0.29) is 5.92 Å². The van der Waals surface area contributed by atoms with Gasteiger partial charge in [-0.2, -0.15) is 0 Å². The largest absolute Gasteiger partial charge is 0.393 e. The van der Waals surface area contributed by atoms with Crippen LogP contribution in [0.4, 0.5) is 0 Å². The van der Waals surface area contributed by atoms with Gasteiger partial charge < -0.3 is 34.3 Å². The van der Waals surface area contributed by atoms with Gasteiger partial charge in [0.1, 0.15) is 29.5 Å². The van der Waals surface area contributed by atoms with Crippen molar-refractivity contribution in [2.75, 3.05) is 6.61 Å². The second-order valence-electron chi connectivity index (χ2n) is 13.7. The third-order valence-corrected chi connectivity index (χ3v) is 11.2. The summed E-state index contributed by atoms with van der Waals surface area (Å²) in [5.74, 6) is -3.80. The van der Waals surface area contributed by atoms with Crippen LogP contribution in [-0.4, -0.2) is 74.4 Å². The fraction of sp³-hybridized carbons (Fsp3) is 0.735. The molecule has 5 fully saturated rings. The highest BCUT2D eigenvalue weighted by Gasteiger charge is 2.88. The van der Waals surface area contributed by atoms with Crippen LogP contribution in [0.5, 0.6) is 0 Å². The molecule has 2 saturated carbocycles. The molecule has 3 heterocycles. The molecule has 3 aliphatic carbocycles. The minimum absolute atomic E-state index is 0.236. The Kier molecular flexibility index (Phi) is 7.57. The van der Waals surface area contributed by atoms with Crippen molar-refractivity contribution < 1.29 is 39.1 Å². The number of hydrogen-bond acceptors (Lipinski definition) is 8. The van der Waals surface area contributed by atoms with Gasteiger partial charge in [0.15, 0.2) is 11.4 Å². The number of fused-ring (bicyclic) bond motifs is 3. The normalized spacial score (nSPS) is 48.4. The van der Waals surface area contributed by atoms with E-state index in [1.807, 2.05) is 26.0 Å². The van der Waals surface area contributed by atoms with Crippen LogP contribution in [0.25, 0.3) is 0 Å². The zero-order valence-corrected chi connectivity index (χ0v) is 25.5. The second kappa shape index (κ2) is 10.5. The minimum atomic E-state index is -2.22. The van der Waals surface area contributed by atoms with Crippen LogP contribution < -0.4 is 0 Å². The maximum absolute atomic E-state index is 13.5. The lowest BCUT2D eigenvalue weighted by Gasteiger charge is -2.59. The van der Waals surface area contributed by atoms with Crippen LogP contribution in [0.2, 0.25) is 0 Å². The monoisotopic (exact) mass is 584 g/mol. The number of rotatable bonds is 12. The number of Topliss-reactive ketones (excluding diaryl/α,β-unsaturated/α-hetero) is 1. The zero-order valence-electron chi connectivity index (χ0n) is 25.5. The molecule has 0 aromatic carbocycles. The first-order valence-electron chi connectivity index (χ1n) is 16.0. The van der Waals surface area contributed by atoms with Crippen molar-refractivity contribution in [1.82, 2.24) is 0 Å².